The van der Waals surface area contributed by atoms with E-state index in [-0.39, 0.29) is 11.8 Å². The highest BCUT2D eigenvalue weighted by molar-refractivity contribution is 6.31. The Bertz CT molecular complexity index is 813. The number of nitrogens with one attached hydrogen (secondary N) is 2. The summed E-state index contributed by atoms with van der Waals surface area (Å²) in [5.74, 6) is -0.401. The number of benzene rings is 1. The van der Waals surface area contributed by atoms with E-state index in [4.69, 9.17) is 23.2 Å². The standard InChI is InChI=1S/C18H20Cl2N4O2/c1-12-16(7-8-17(26)22-10-9-21-13(2)25)18(20)24(23-12)11-14-3-5-15(19)6-4-14/h3-8H,9-11H2,1-2H3,(H,21,25)(H,22,26)/b8-7+. The van der Waals surface area contributed by atoms with Crippen LogP contribution in [0.1, 0.15) is 23.7 Å². The van der Waals surface area contributed by atoms with E-state index in [0.717, 1.165) is 11.3 Å². The van der Waals surface area contributed by atoms with Crippen molar-refractivity contribution in [2.24, 2.45) is 0 Å². The van der Waals surface area contributed by atoms with E-state index in [1.54, 1.807) is 10.8 Å². The molecule has 0 aliphatic rings. The number of carbonyl (C=O) groups is 2. The van der Waals surface area contributed by atoms with Gasteiger partial charge in [-0.05, 0) is 30.7 Å². The normalized spacial score (nSPS) is 10.9. The third-order valence-electron chi connectivity index (χ3n) is 3.55. The number of hydrogen-bond acceptors (Lipinski definition) is 3. The highest BCUT2D eigenvalue weighted by Gasteiger charge is 2.11. The summed E-state index contributed by atoms with van der Waals surface area (Å²) in [4.78, 5) is 22.6. The summed E-state index contributed by atoms with van der Waals surface area (Å²) in [6, 6.07) is 7.45. The minimum absolute atomic E-state index is 0.134. The van der Waals surface area contributed by atoms with Gasteiger partial charge in [-0.1, -0.05) is 35.3 Å². The zero-order valence-electron chi connectivity index (χ0n) is 14.6. The maximum Gasteiger partial charge on any atom is 0.244 e. The molecule has 2 aromatic rings. The predicted octanol–water partition coefficient (Wildman–Crippen LogP) is 2.81. The van der Waals surface area contributed by atoms with E-state index in [0.29, 0.717) is 35.4 Å². The monoisotopic (exact) mass is 394 g/mol. The van der Waals surface area contributed by atoms with Crippen molar-refractivity contribution in [3.05, 3.63) is 57.3 Å². The summed E-state index contributed by atoms with van der Waals surface area (Å²) in [5.41, 5.74) is 2.44. The molecular formula is C18H20Cl2N4O2. The first-order chi connectivity index (χ1) is 12.4. The van der Waals surface area contributed by atoms with Crippen molar-refractivity contribution < 1.29 is 9.59 Å². The molecule has 2 N–H and O–H groups in total. The van der Waals surface area contributed by atoms with Crippen LogP contribution in [0.2, 0.25) is 10.2 Å². The molecule has 0 saturated carbocycles. The van der Waals surface area contributed by atoms with Gasteiger partial charge in [0.1, 0.15) is 5.15 Å². The predicted molar refractivity (Wildman–Crippen MR) is 103 cm³/mol. The van der Waals surface area contributed by atoms with Gasteiger partial charge in [-0.2, -0.15) is 5.10 Å². The van der Waals surface area contributed by atoms with Crippen LogP contribution in [0.3, 0.4) is 0 Å². The Morgan fingerprint density at radius 1 is 1.15 bits per heavy atom. The van der Waals surface area contributed by atoms with Crippen LogP contribution in [0.25, 0.3) is 6.08 Å². The van der Waals surface area contributed by atoms with Crippen molar-refractivity contribution in [1.29, 1.82) is 0 Å². The number of rotatable bonds is 7. The lowest BCUT2D eigenvalue weighted by atomic mass is 10.2. The van der Waals surface area contributed by atoms with E-state index in [1.165, 1.54) is 13.0 Å². The summed E-state index contributed by atoms with van der Waals surface area (Å²) in [5, 5.41) is 10.8. The summed E-state index contributed by atoms with van der Waals surface area (Å²) < 4.78 is 1.68. The highest BCUT2D eigenvalue weighted by atomic mass is 35.5. The molecule has 0 spiro atoms. The molecule has 0 bridgehead atoms. The third-order valence-corrected chi connectivity index (χ3v) is 4.21. The fraction of sp³-hybridized carbons (Fsp3) is 0.278. The van der Waals surface area contributed by atoms with Crippen LogP contribution < -0.4 is 10.6 Å². The van der Waals surface area contributed by atoms with Crippen LogP contribution in [0.15, 0.2) is 30.3 Å². The number of carbonyl (C=O) groups excluding carboxylic acids is 2. The fourth-order valence-electron chi connectivity index (χ4n) is 2.27. The molecule has 0 aliphatic heterocycles. The molecule has 1 heterocycles. The van der Waals surface area contributed by atoms with E-state index < -0.39 is 0 Å². The quantitative estimate of drug-likeness (QED) is 0.559. The molecule has 0 fully saturated rings. The van der Waals surface area contributed by atoms with Gasteiger partial charge in [0.25, 0.3) is 0 Å². The van der Waals surface area contributed by atoms with Crippen LogP contribution in [0.4, 0.5) is 0 Å². The van der Waals surface area contributed by atoms with Gasteiger partial charge in [0.15, 0.2) is 0 Å². The number of hydrogen-bond donors (Lipinski definition) is 2. The smallest absolute Gasteiger partial charge is 0.244 e. The molecule has 8 heteroatoms. The minimum Gasteiger partial charge on any atom is -0.355 e. The van der Waals surface area contributed by atoms with E-state index in [1.807, 2.05) is 31.2 Å². The van der Waals surface area contributed by atoms with Crippen molar-refractivity contribution in [2.75, 3.05) is 13.1 Å². The molecule has 138 valence electrons. The Labute approximate surface area is 162 Å². The number of halogens is 2. The fourth-order valence-corrected chi connectivity index (χ4v) is 2.69. The Kier molecular flexibility index (Phi) is 7.24. The summed E-state index contributed by atoms with van der Waals surface area (Å²) in [6.45, 7) is 4.50. The lowest BCUT2D eigenvalue weighted by molar-refractivity contribution is -0.119. The van der Waals surface area contributed by atoms with Crippen molar-refractivity contribution in [1.82, 2.24) is 20.4 Å². The van der Waals surface area contributed by atoms with Crippen LogP contribution in [0, 0.1) is 6.92 Å². The molecule has 0 unspecified atom stereocenters. The lowest BCUT2D eigenvalue weighted by Crippen LogP contribution is -2.32. The molecule has 0 atom stereocenters. The van der Waals surface area contributed by atoms with Crippen molar-refractivity contribution >= 4 is 41.1 Å². The topological polar surface area (TPSA) is 76.0 Å². The summed E-state index contributed by atoms with van der Waals surface area (Å²) in [6.07, 6.45) is 3.03. The second-order valence-electron chi connectivity index (χ2n) is 5.68. The Morgan fingerprint density at radius 3 is 2.46 bits per heavy atom. The average Bonchev–Trinajstić information content (AvgIpc) is 2.85. The third kappa shape index (κ3) is 5.89. The van der Waals surface area contributed by atoms with Gasteiger partial charge >= 0.3 is 0 Å². The highest BCUT2D eigenvalue weighted by Crippen LogP contribution is 2.22. The van der Waals surface area contributed by atoms with Crippen LogP contribution in [-0.2, 0) is 16.1 Å². The number of nitrogens with zero attached hydrogens (tertiary/aromatic N) is 2. The first-order valence-corrected chi connectivity index (χ1v) is 8.80. The summed E-state index contributed by atoms with van der Waals surface area (Å²) in [7, 11) is 0. The number of aromatic nitrogens is 2. The molecule has 0 saturated heterocycles. The zero-order chi connectivity index (χ0) is 19.1. The van der Waals surface area contributed by atoms with Crippen LogP contribution in [0.5, 0.6) is 0 Å². The zero-order valence-corrected chi connectivity index (χ0v) is 16.1. The molecular weight excluding hydrogens is 375 g/mol. The Balaban J connectivity index is 1.99. The first-order valence-electron chi connectivity index (χ1n) is 8.04. The molecule has 6 nitrogen and oxygen atoms in total. The van der Waals surface area contributed by atoms with Crippen molar-refractivity contribution in [3.63, 3.8) is 0 Å². The van der Waals surface area contributed by atoms with E-state index in [9.17, 15) is 9.59 Å². The Hall–Kier alpha value is -2.31. The number of aryl methyl sites for hydroxylation is 1. The van der Waals surface area contributed by atoms with Crippen LogP contribution in [-0.4, -0.2) is 34.7 Å². The first kappa shape index (κ1) is 20.0. The SMILES string of the molecule is CC(=O)NCCNC(=O)/C=C/c1c(C)nn(Cc2ccc(Cl)cc2)c1Cl. The lowest BCUT2D eigenvalue weighted by Gasteiger charge is -2.04. The largest absolute Gasteiger partial charge is 0.355 e. The molecule has 1 aromatic carbocycles. The average molecular weight is 395 g/mol. The molecule has 2 amide bonds. The van der Waals surface area contributed by atoms with Gasteiger partial charge in [-0.25, -0.2) is 4.68 Å². The molecule has 26 heavy (non-hydrogen) atoms. The molecule has 0 aliphatic carbocycles. The second kappa shape index (κ2) is 9.40. The van der Waals surface area contributed by atoms with Gasteiger partial charge in [-0.15, -0.1) is 0 Å². The minimum atomic E-state index is -0.267. The second-order valence-corrected chi connectivity index (χ2v) is 6.48. The summed E-state index contributed by atoms with van der Waals surface area (Å²) >= 11 is 12.3. The van der Waals surface area contributed by atoms with E-state index >= 15 is 0 Å². The van der Waals surface area contributed by atoms with Gasteiger partial charge in [0, 0.05) is 36.7 Å². The molecule has 1 aromatic heterocycles. The number of amides is 2. The Morgan fingerprint density at radius 2 is 1.81 bits per heavy atom. The van der Waals surface area contributed by atoms with Crippen molar-refractivity contribution in [3.8, 4) is 0 Å². The molecule has 2 rings (SSSR count). The van der Waals surface area contributed by atoms with Gasteiger partial charge in [0.05, 0.1) is 12.2 Å². The maximum absolute atomic E-state index is 11.8. The van der Waals surface area contributed by atoms with Gasteiger partial charge in [-0.3, -0.25) is 9.59 Å². The van der Waals surface area contributed by atoms with E-state index in [2.05, 4.69) is 15.7 Å². The van der Waals surface area contributed by atoms with Crippen LogP contribution >= 0.6 is 23.2 Å². The maximum atomic E-state index is 11.8. The van der Waals surface area contributed by atoms with Gasteiger partial charge in [0.2, 0.25) is 11.8 Å². The van der Waals surface area contributed by atoms with Gasteiger partial charge < -0.3 is 10.6 Å². The van der Waals surface area contributed by atoms with Crippen molar-refractivity contribution in [2.45, 2.75) is 20.4 Å². The molecule has 0 radical (unpaired) electrons.